The molecule has 1 aromatic heterocycles. The van der Waals surface area contributed by atoms with E-state index >= 15 is 0 Å². The first-order valence-corrected chi connectivity index (χ1v) is 4.48. The Labute approximate surface area is 86.5 Å². The molecule has 5 heteroatoms. The molecular formula is C10H10N2O3. The van der Waals surface area contributed by atoms with Crippen molar-refractivity contribution in [1.82, 2.24) is 4.98 Å². The summed E-state index contributed by atoms with van der Waals surface area (Å²) < 4.78 is 5.09. The van der Waals surface area contributed by atoms with Gasteiger partial charge in [-0.05, 0) is 19.9 Å². The normalized spacial score (nSPS) is 17.3. The van der Waals surface area contributed by atoms with Gasteiger partial charge in [0.1, 0.15) is 11.4 Å². The molecule has 1 amide bonds. The van der Waals surface area contributed by atoms with Crippen LogP contribution in [-0.4, -0.2) is 17.4 Å². The van der Waals surface area contributed by atoms with E-state index in [2.05, 4.69) is 10.3 Å². The summed E-state index contributed by atoms with van der Waals surface area (Å²) in [5, 5.41) is 2.48. The van der Waals surface area contributed by atoms with Crippen molar-refractivity contribution < 1.29 is 14.3 Å². The minimum absolute atomic E-state index is 0.446. The molecule has 0 radical (unpaired) electrons. The van der Waals surface area contributed by atoms with Crippen molar-refractivity contribution in [3.05, 3.63) is 23.4 Å². The van der Waals surface area contributed by atoms with Crippen molar-refractivity contribution in [2.75, 3.05) is 5.32 Å². The van der Waals surface area contributed by atoms with Gasteiger partial charge in [0.25, 0.3) is 0 Å². The Balaban J connectivity index is 2.58. The summed E-state index contributed by atoms with van der Waals surface area (Å²) >= 11 is 0. The molecule has 0 bridgehead atoms. The van der Waals surface area contributed by atoms with Crippen molar-refractivity contribution in [3.8, 4) is 0 Å². The number of pyridine rings is 1. The summed E-state index contributed by atoms with van der Waals surface area (Å²) in [5.41, 5.74) is 0.400. The first-order valence-electron chi connectivity index (χ1n) is 4.48. The average molecular weight is 206 g/mol. The molecule has 0 fully saturated rings. The van der Waals surface area contributed by atoms with Gasteiger partial charge >= 0.3 is 6.09 Å². The third-order valence-electron chi connectivity index (χ3n) is 2.26. The van der Waals surface area contributed by atoms with Gasteiger partial charge in [-0.1, -0.05) is 0 Å². The summed E-state index contributed by atoms with van der Waals surface area (Å²) in [6.07, 6.45) is 1.59. The van der Waals surface area contributed by atoms with E-state index in [1.54, 1.807) is 19.9 Å². The molecule has 0 saturated heterocycles. The fourth-order valence-corrected chi connectivity index (χ4v) is 1.51. The number of hydrogen-bond acceptors (Lipinski definition) is 4. The average Bonchev–Trinajstić information content (AvgIpc) is 2.16. The summed E-state index contributed by atoms with van der Waals surface area (Å²) in [6.45, 7) is 3.50. The smallest absolute Gasteiger partial charge is 0.413 e. The van der Waals surface area contributed by atoms with E-state index < -0.39 is 11.7 Å². The highest BCUT2D eigenvalue weighted by atomic mass is 16.6. The van der Waals surface area contributed by atoms with Crippen molar-refractivity contribution >= 4 is 18.2 Å². The molecule has 0 atom stereocenters. The Morgan fingerprint density at radius 2 is 2.27 bits per heavy atom. The Morgan fingerprint density at radius 1 is 1.53 bits per heavy atom. The van der Waals surface area contributed by atoms with Crippen molar-refractivity contribution in [2.45, 2.75) is 19.4 Å². The van der Waals surface area contributed by atoms with Crippen LogP contribution < -0.4 is 5.32 Å². The minimum Gasteiger partial charge on any atom is -0.438 e. The number of ether oxygens (including phenoxy) is 1. The number of carbonyl (C=O) groups excluding carboxylic acids is 2. The van der Waals surface area contributed by atoms with E-state index in [-0.39, 0.29) is 0 Å². The summed E-state index contributed by atoms with van der Waals surface area (Å²) in [6, 6.07) is 1.66. The lowest BCUT2D eigenvalue weighted by Gasteiger charge is -2.31. The third-order valence-corrected chi connectivity index (χ3v) is 2.26. The molecule has 1 N–H and O–H groups in total. The molecule has 0 spiro atoms. The highest BCUT2D eigenvalue weighted by molar-refractivity contribution is 5.88. The van der Waals surface area contributed by atoms with Crippen LogP contribution in [0.4, 0.5) is 10.6 Å². The van der Waals surface area contributed by atoms with Gasteiger partial charge < -0.3 is 4.74 Å². The van der Waals surface area contributed by atoms with Gasteiger partial charge in [0.15, 0.2) is 6.29 Å². The number of nitrogens with zero attached hydrogens (tertiary/aromatic N) is 1. The van der Waals surface area contributed by atoms with Crippen LogP contribution in [0.25, 0.3) is 0 Å². The zero-order chi connectivity index (χ0) is 11.1. The second kappa shape index (κ2) is 3.05. The monoisotopic (exact) mass is 206 g/mol. The zero-order valence-electron chi connectivity index (χ0n) is 8.40. The molecule has 2 heterocycles. The molecule has 1 aliphatic rings. The molecule has 1 aromatic rings. The molecule has 2 rings (SSSR count). The Bertz CT molecular complexity index is 440. The van der Waals surface area contributed by atoms with E-state index in [0.29, 0.717) is 23.2 Å². The predicted octanol–water partition coefficient (Wildman–Crippen LogP) is 1.69. The highest BCUT2D eigenvalue weighted by Gasteiger charge is 2.34. The topological polar surface area (TPSA) is 68.3 Å². The Hall–Kier alpha value is -1.91. The largest absolute Gasteiger partial charge is 0.438 e. The number of cyclic esters (lactones) is 1. The number of nitrogens with one attached hydrogen (secondary N) is 1. The summed E-state index contributed by atoms with van der Waals surface area (Å²) in [5.74, 6) is 0.446. The van der Waals surface area contributed by atoms with Gasteiger partial charge in [-0.2, -0.15) is 0 Å². The molecule has 5 nitrogen and oxygen atoms in total. The van der Waals surface area contributed by atoms with Crippen LogP contribution in [0, 0.1) is 0 Å². The standard InChI is InChI=1S/C10H10N2O3/c1-10(2)7-3-6(5-13)4-11-8(7)12-9(14)15-10/h3-5H,1-2H3,(H,11,12,14). The molecule has 1 aliphatic heterocycles. The minimum atomic E-state index is -0.760. The van der Waals surface area contributed by atoms with Crippen LogP contribution >= 0.6 is 0 Å². The lowest BCUT2D eigenvalue weighted by atomic mass is 9.96. The quantitative estimate of drug-likeness (QED) is 0.710. The number of aromatic nitrogens is 1. The maximum Gasteiger partial charge on any atom is 0.413 e. The molecule has 0 unspecified atom stereocenters. The molecular weight excluding hydrogens is 196 g/mol. The Morgan fingerprint density at radius 3 is 2.93 bits per heavy atom. The van der Waals surface area contributed by atoms with Crippen LogP contribution in [0.2, 0.25) is 0 Å². The van der Waals surface area contributed by atoms with E-state index in [9.17, 15) is 9.59 Å². The van der Waals surface area contributed by atoms with Crippen LogP contribution in [0.3, 0.4) is 0 Å². The number of amides is 1. The first kappa shape index (κ1) is 9.64. The Kier molecular flexibility index (Phi) is 1.96. The fraction of sp³-hybridized carbons (Fsp3) is 0.300. The zero-order valence-corrected chi connectivity index (χ0v) is 8.40. The number of carbonyl (C=O) groups is 2. The lowest BCUT2D eigenvalue weighted by molar-refractivity contribution is 0.0415. The highest BCUT2D eigenvalue weighted by Crippen LogP contribution is 2.34. The van der Waals surface area contributed by atoms with Crippen LogP contribution in [0.15, 0.2) is 12.3 Å². The van der Waals surface area contributed by atoms with E-state index in [4.69, 9.17) is 4.74 Å². The number of aldehydes is 1. The molecule has 0 aromatic carbocycles. The SMILES string of the molecule is CC1(C)OC(=O)Nc2ncc(C=O)cc21. The molecule has 15 heavy (non-hydrogen) atoms. The van der Waals surface area contributed by atoms with E-state index in [0.717, 1.165) is 0 Å². The summed E-state index contributed by atoms with van der Waals surface area (Å²) in [7, 11) is 0. The third kappa shape index (κ3) is 1.56. The maximum absolute atomic E-state index is 11.2. The second-order valence-corrected chi connectivity index (χ2v) is 3.81. The van der Waals surface area contributed by atoms with Gasteiger partial charge in [0.05, 0.1) is 0 Å². The van der Waals surface area contributed by atoms with Gasteiger partial charge in [0, 0.05) is 17.3 Å². The molecule has 78 valence electrons. The van der Waals surface area contributed by atoms with Gasteiger partial charge in [-0.25, -0.2) is 9.78 Å². The number of anilines is 1. The number of rotatable bonds is 1. The first-order chi connectivity index (χ1) is 7.03. The second-order valence-electron chi connectivity index (χ2n) is 3.81. The summed E-state index contributed by atoms with van der Waals surface area (Å²) in [4.78, 5) is 25.7. The van der Waals surface area contributed by atoms with Gasteiger partial charge in [-0.15, -0.1) is 0 Å². The van der Waals surface area contributed by atoms with Gasteiger partial charge in [0.2, 0.25) is 0 Å². The van der Waals surface area contributed by atoms with Crippen LogP contribution in [0.5, 0.6) is 0 Å². The van der Waals surface area contributed by atoms with Crippen molar-refractivity contribution in [3.63, 3.8) is 0 Å². The van der Waals surface area contributed by atoms with Crippen molar-refractivity contribution in [1.29, 1.82) is 0 Å². The number of hydrogen-bond donors (Lipinski definition) is 1. The van der Waals surface area contributed by atoms with Crippen LogP contribution in [0.1, 0.15) is 29.8 Å². The molecule has 0 aliphatic carbocycles. The fourth-order valence-electron chi connectivity index (χ4n) is 1.51. The number of fused-ring (bicyclic) bond motifs is 1. The maximum atomic E-state index is 11.2. The van der Waals surface area contributed by atoms with E-state index in [1.165, 1.54) is 6.20 Å². The van der Waals surface area contributed by atoms with E-state index in [1.807, 2.05) is 0 Å². The van der Waals surface area contributed by atoms with Crippen LogP contribution in [-0.2, 0) is 10.3 Å². The lowest BCUT2D eigenvalue weighted by Crippen LogP contribution is -2.35. The van der Waals surface area contributed by atoms with Crippen molar-refractivity contribution in [2.24, 2.45) is 0 Å². The van der Waals surface area contributed by atoms with Gasteiger partial charge in [-0.3, -0.25) is 10.1 Å². The molecule has 0 saturated carbocycles. The predicted molar refractivity (Wildman–Crippen MR) is 52.8 cm³/mol.